The van der Waals surface area contributed by atoms with Crippen LogP contribution in [0.5, 0.6) is 0 Å². The highest BCUT2D eigenvalue weighted by atomic mass is 28.4. The van der Waals surface area contributed by atoms with Crippen LogP contribution in [0.25, 0.3) is 0 Å². The van der Waals surface area contributed by atoms with E-state index in [2.05, 4.69) is 110 Å². The van der Waals surface area contributed by atoms with Crippen molar-refractivity contribution in [1.82, 2.24) is 0 Å². The lowest BCUT2D eigenvalue weighted by atomic mass is 10.1. The van der Waals surface area contributed by atoms with Gasteiger partial charge in [0.05, 0.1) is 13.2 Å². The Morgan fingerprint density at radius 2 is 1.41 bits per heavy atom. The highest BCUT2D eigenvalue weighted by Gasteiger charge is 2.54. The van der Waals surface area contributed by atoms with E-state index in [1.807, 2.05) is 12.1 Å². The maximum absolute atomic E-state index is 13.1. The van der Waals surface area contributed by atoms with E-state index < -0.39 is 34.9 Å². The van der Waals surface area contributed by atoms with Crippen molar-refractivity contribution in [3.8, 4) is 0 Å². The predicted molar refractivity (Wildman–Crippen MR) is 155 cm³/mol. The van der Waals surface area contributed by atoms with Gasteiger partial charge in [0.1, 0.15) is 6.10 Å². The minimum atomic E-state index is -2.80. The summed E-state index contributed by atoms with van der Waals surface area (Å²) in [6.45, 7) is 21.7. The first-order chi connectivity index (χ1) is 17.2. The van der Waals surface area contributed by atoms with Crippen LogP contribution >= 0.6 is 0 Å². The molecule has 7 heteroatoms. The lowest BCUT2D eigenvalue weighted by molar-refractivity contribution is -0.147. The Balaban J connectivity index is 1.99. The highest BCUT2D eigenvalue weighted by Crippen LogP contribution is 2.40. The molecule has 3 rings (SSSR count). The molecular weight excluding hydrogens is 496 g/mol. The fourth-order valence-electron chi connectivity index (χ4n) is 4.69. The van der Waals surface area contributed by atoms with Gasteiger partial charge in [0.2, 0.25) is 0 Å². The lowest BCUT2D eigenvalue weighted by Gasteiger charge is -2.43. The fourth-order valence-corrected chi connectivity index (χ4v) is 10.5. The molecule has 2 aromatic carbocycles. The normalized spacial score (nSPS) is 21.1. The topological polar surface area (TPSA) is 54.0 Å². The third kappa shape index (κ3) is 6.17. The zero-order chi connectivity index (χ0) is 27.5. The van der Waals surface area contributed by atoms with Gasteiger partial charge in [-0.2, -0.15) is 0 Å². The van der Waals surface area contributed by atoms with Gasteiger partial charge in [0.15, 0.2) is 20.5 Å². The van der Waals surface area contributed by atoms with E-state index in [0.717, 1.165) is 0 Å². The van der Waals surface area contributed by atoms with E-state index in [9.17, 15) is 4.79 Å². The number of carbonyl (C=O) groups is 1. The summed E-state index contributed by atoms with van der Waals surface area (Å²) in [5.74, 6) is -0.380. The summed E-state index contributed by atoms with van der Waals surface area (Å²) < 4.78 is 25.7. The lowest BCUT2D eigenvalue weighted by Crippen LogP contribution is -2.67. The standard InChI is InChI=1S/C30H44O5Si2/c1-10-21-32-26-25(34-28(31)27(26)35-36(8,9)29(2,3)4)22-33-37(30(5,6)7,23-17-13-11-14-18-23)24-19-15-12-16-20-24/h10-20,25-27H,1,21-22H2,2-9H3/t25-,26-,27-/m1/s1. The van der Waals surface area contributed by atoms with Crippen LogP contribution in [-0.4, -0.2) is 54.1 Å². The molecule has 0 aromatic heterocycles. The molecule has 0 aliphatic carbocycles. The van der Waals surface area contributed by atoms with Crippen molar-refractivity contribution in [1.29, 1.82) is 0 Å². The number of carbonyl (C=O) groups excluding carboxylic acids is 1. The summed E-state index contributed by atoms with van der Waals surface area (Å²) in [5, 5.41) is 2.11. The zero-order valence-electron chi connectivity index (χ0n) is 23.7. The Labute approximate surface area is 225 Å². The van der Waals surface area contributed by atoms with Crippen molar-refractivity contribution in [2.75, 3.05) is 13.2 Å². The van der Waals surface area contributed by atoms with Crippen LogP contribution in [0.1, 0.15) is 41.5 Å². The number of hydrogen-bond acceptors (Lipinski definition) is 5. The van der Waals surface area contributed by atoms with E-state index >= 15 is 0 Å². The van der Waals surface area contributed by atoms with E-state index in [-0.39, 0.29) is 22.7 Å². The van der Waals surface area contributed by atoms with Gasteiger partial charge >= 0.3 is 5.97 Å². The van der Waals surface area contributed by atoms with Crippen LogP contribution in [-0.2, 0) is 23.1 Å². The SMILES string of the molecule is C=CCO[C@@H]1[C@@H](CO[Si](c2ccccc2)(c2ccccc2)C(C)(C)C)OC(=O)[C@@H]1O[Si](C)(C)C(C)(C)C. The first kappa shape index (κ1) is 29.5. The Bertz CT molecular complexity index is 1000. The molecule has 0 spiro atoms. The number of ether oxygens (including phenoxy) is 2. The molecule has 202 valence electrons. The first-order valence-electron chi connectivity index (χ1n) is 13.1. The third-order valence-corrected chi connectivity index (χ3v) is 17.1. The molecule has 0 amide bonds. The molecule has 1 aliphatic heterocycles. The first-order valence-corrected chi connectivity index (χ1v) is 17.9. The molecule has 0 bridgehead atoms. The van der Waals surface area contributed by atoms with E-state index in [0.29, 0.717) is 6.61 Å². The number of rotatable bonds is 10. The maximum atomic E-state index is 13.1. The van der Waals surface area contributed by atoms with Crippen molar-refractivity contribution in [3.05, 3.63) is 73.3 Å². The fraction of sp³-hybridized carbons (Fsp3) is 0.500. The van der Waals surface area contributed by atoms with E-state index in [1.165, 1.54) is 10.4 Å². The molecule has 0 N–H and O–H groups in total. The van der Waals surface area contributed by atoms with Gasteiger partial charge in [-0.1, -0.05) is 108 Å². The van der Waals surface area contributed by atoms with Crippen LogP contribution in [0.3, 0.4) is 0 Å². The molecule has 5 nitrogen and oxygen atoms in total. The largest absolute Gasteiger partial charge is 0.455 e. The minimum absolute atomic E-state index is 0.0558. The molecule has 1 aliphatic rings. The average Bonchev–Trinajstić information content (AvgIpc) is 3.11. The van der Waals surface area contributed by atoms with Crippen LogP contribution in [0.4, 0.5) is 0 Å². The molecule has 37 heavy (non-hydrogen) atoms. The minimum Gasteiger partial charge on any atom is -0.455 e. The van der Waals surface area contributed by atoms with Crippen molar-refractivity contribution >= 4 is 33.0 Å². The second kappa shape index (κ2) is 11.4. The second-order valence-electron chi connectivity index (χ2n) is 12.3. The predicted octanol–water partition coefficient (Wildman–Crippen LogP) is 5.45. The van der Waals surface area contributed by atoms with Gasteiger partial charge in [-0.25, -0.2) is 4.79 Å². The molecule has 1 saturated heterocycles. The molecular formula is C30H44O5Si2. The summed E-state index contributed by atoms with van der Waals surface area (Å²) in [6, 6.07) is 20.9. The van der Waals surface area contributed by atoms with Crippen LogP contribution in [0.2, 0.25) is 23.2 Å². The number of esters is 1. The van der Waals surface area contributed by atoms with Gasteiger partial charge in [0.25, 0.3) is 8.32 Å². The third-order valence-electron chi connectivity index (χ3n) is 7.68. The zero-order valence-corrected chi connectivity index (χ0v) is 25.7. The Morgan fingerprint density at radius 1 is 0.892 bits per heavy atom. The number of benzene rings is 2. The summed E-state index contributed by atoms with van der Waals surface area (Å²) in [4.78, 5) is 13.1. The highest BCUT2D eigenvalue weighted by molar-refractivity contribution is 6.99. The van der Waals surface area contributed by atoms with E-state index in [1.54, 1.807) is 6.08 Å². The van der Waals surface area contributed by atoms with Gasteiger partial charge in [-0.3, -0.25) is 0 Å². The molecule has 3 atom stereocenters. The van der Waals surface area contributed by atoms with Crippen molar-refractivity contribution in [3.63, 3.8) is 0 Å². The van der Waals surface area contributed by atoms with Gasteiger partial charge in [0, 0.05) is 0 Å². The quantitative estimate of drug-likeness (QED) is 0.228. The second-order valence-corrected chi connectivity index (χ2v) is 21.4. The Morgan fingerprint density at radius 3 is 1.84 bits per heavy atom. The Hall–Kier alpha value is -2.04. The molecule has 1 fully saturated rings. The van der Waals surface area contributed by atoms with Crippen molar-refractivity contribution < 1.29 is 23.1 Å². The molecule has 0 radical (unpaired) electrons. The monoisotopic (exact) mass is 540 g/mol. The Kier molecular flexibility index (Phi) is 9.07. The van der Waals surface area contributed by atoms with Gasteiger partial charge < -0.3 is 18.3 Å². The summed E-state index contributed by atoms with van der Waals surface area (Å²) >= 11 is 0. The van der Waals surface area contributed by atoms with Crippen LogP contribution in [0, 0.1) is 0 Å². The average molecular weight is 541 g/mol. The molecule has 1 heterocycles. The summed E-state index contributed by atoms with van der Waals surface area (Å²) in [5.41, 5.74) is 0. The van der Waals surface area contributed by atoms with Gasteiger partial charge in [-0.15, -0.1) is 6.58 Å². The molecule has 0 saturated carbocycles. The maximum Gasteiger partial charge on any atom is 0.337 e. The van der Waals surface area contributed by atoms with Crippen molar-refractivity contribution in [2.45, 2.75) is 83.0 Å². The van der Waals surface area contributed by atoms with Crippen LogP contribution in [0.15, 0.2) is 73.3 Å². The number of cyclic esters (lactones) is 1. The summed E-state index contributed by atoms with van der Waals surface area (Å²) in [7, 11) is -5.05. The molecule has 0 unspecified atom stereocenters. The van der Waals surface area contributed by atoms with Crippen molar-refractivity contribution in [2.24, 2.45) is 0 Å². The van der Waals surface area contributed by atoms with Gasteiger partial charge in [-0.05, 0) is 33.5 Å². The van der Waals surface area contributed by atoms with Crippen LogP contribution < -0.4 is 10.4 Å². The molecule has 2 aromatic rings. The smallest absolute Gasteiger partial charge is 0.337 e. The number of hydrogen-bond donors (Lipinski definition) is 0. The summed E-state index contributed by atoms with van der Waals surface area (Å²) in [6.07, 6.45) is -0.248. The van der Waals surface area contributed by atoms with E-state index in [4.69, 9.17) is 18.3 Å².